The first-order valence-electron chi connectivity index (χ1n) is 6.76. The highest BCUT2D eigenvalue weighted by Gasteiger charge is 2.09. The van der Waals surface area contributed by atoms with Gasteiger partial charge in [0.1, 0.15) is 0 Å². The van der Waals surface area contributed by atoms with Crippen molar-refractivity contribution in [1.82, 2.24) is 15.5 Å². The summed E-state index contributed by atoms with van der Waals surface area (Å²) in [5, 5.41) is 17.6. The van der Waals surface area contributed by atoms with Gasteiger partial charge in [0.25, 0.3) is 0 Å². The third-order valence-corrected chi connectivity index (χ3v) is 3.17. The molecule has 106 valence electrons. The van der Waals surface area contributed by atoms with Crippen LogP contribution in [0.5, 0.6) is 0 Å². The van der Waals surface area contributed by atoms with Gasteiger partial charge in [0, 0.05) is 45.0 Å². The van der Waals surface area contributed by atoms with E-state index in [2.05, 4.69) is 20.9 Å². The molecule has 6 nitrogen and oxygen atoms in total. The van der Waals surface area contributed by atoms with Gasteiger partial charge in [0.2, 0.25) is 0 Å². The number of carbonyl (C=O) groups excluding carboxylic acids is 1. The second-order valence-electron chi connectivity index (χ2n) is 4.67. The van der Waals surface area contributed by atoms with Gasteiger partial charge in [0.05, 0.1) is 11.6 Å². The van der Waals surface area contributed by atoms with Gasteiger partial charge in [-0.3, -0.25) is 4.90 Å². The monoisotopic (exact) mass is 273 g/mol. The number of nitriles is 1. The molecule has 1 aliphatic rings. The molecule has 0 aliphatic carbocycles. The summed E-state index contributed by atoms with van der Waals surface area (Å²) in [5.41, 5.74) is 1.16. The van der Waals surface area contributed by atoms with E-state index in [0.29, 0.717) is 17.8 Å². The molecule has 0 radical (unpaired) electrons. The Balaban J connectivity index is 1.70. The lowest BCUT2D eigenvalue weighted by molar-refractivity contribution is 0.233. The SMILES string of the molecule is N#Cc1cccc(NC(=O)NCCN2CCNCC2)c1. The van der Waals surface area contributed by atoms with E-state index in [-0.39, 0.29) is 6.03 Å². The van der Waals surface area contributed by atoms with Crippen molar-refractivity contribution < 1.29 is 4.79 Å². The molecule has 6 heteroatoms. The van der Waals surface area contributed by atoms with Crippen molar-refractivity contribution in [2.75, 3.05) is 44.6 Å². The summed E-state index contributed by atoms with van der Waals surface area (Å²) in [4.78, 5) is 14.0. The smallest absolute Gasteiger partial charge is 0.319 e. The second kappa shape index (κ2) is 7.48. The summed E-state index contributed by atoms with van der Waals surface area (Å²) in [6.45, 7) is 5.53. The lowest BCUT2D eigenvalue weighted by atomic mass is 10.2. The number of nitrogens with zero attached hydrogens (tertiary/aromatic N) is 2. The highest BCUT2D eigenvalue weighted by atomic mass is 16.2. The molecule has 2 amide bonds. The Morgan fingerprint density at radius 1 is 1.40 bits per heavy atom. The Morgan fingerprint density at radius 3 is 2.95 bits per heavy atom. The van der Waals surface area contributed by atoms with Gasteiger partial charge in [-0.2, -0.15) is 5.26 Å². The van der Waals surface area contributed by atoms with Crippen LogP contribution < -0.4 is 16.0 Å². The zero-order chi connectivity index (χ0) is 14.2. The maximum absolute atomic E-state index is 11.7. The quantitative estimate of drug-likeness (QED) is 0.750. The van der Waals surface area contributed by atoms with E-state index in [4.69, 9.17) is 5.26 Å². The summed E-state index contributed by atoms with van der Waals surface area (Å²) >= 11 is 0. The minimum absolute atomic E-state index is 0.241. The van der Waals surface area contributed by atoms with Gasteiger partial charge < -0.3 is 16.0 Å². The molecule has 0 atom stereocenters. The molecule has 1 aromatic carbocycles. The molecule has 0 aromatic heterocycles. The Morgan fingerprint density at radius 2 is 2.20 bits per heavy atom. The molecule has 0 saturated carbocycles. The fourth-order valence-corrected chi connectivity index (χ4v) is 2.10. The van der Waals surface area contributed by atoms with Crippen LogP contribution in [0.15, 0.2) is 24.3 Å². The number of urea groups is 1. The maximum Gasteiger partial charge on any atom is 0.319 e. The van der Waals surface area contributed by atoms with Gasteiger partial charge in [0.15, 0.2) is 0 Å². The predicted molar refractivity (Wildman–Crippen MR) is 77.5 cm³/mol. The van der Waals surface area contributed by atoms with Gasteiger partial charge in [-0.25, -0.2) is 4.79 Å². The van der Waals surface area contributed by atoms with Crippen LogP contribution in [0.25, 0.3) is 0 Å². The van der Waals surface area contributed by atoms with Crippen LogP contribution in [0.4, 0.5) is 10.5 Å². The number of hydrogen-bond acceptors (Lipinski definition) is 4. The first-order valence-corrected chi connectivity index (χ1v) is 6.76. The van der Waals surface area contributed by atoms with E-state index in [1.807, 2.05) is 6.07 Å². The standard InChI is InChI=1S/C14H19N5O/c15-11-12-2-1-3-13(10-12)18-14(20)17-6-9-19-7-4-16-5-8-19/h1-3,10,16H,4-9H2,(H2,17,18,20). The van der Waals surface area contributed by atoms with Crippen LogP contribution in [-0.4, -0.2) is 50.2 Å². The van der Waals surface area contributed by atoms with Crippen LogP contribution in [0.2, 0.25) is 0 Å². The Kier molecular flexibility index (Phi) is 5.35. The Bertz CT molecular complexity index is 491. The number of amides is 2. The van der Waals surface area contributed by atoms with E-state index < -0.39 is 0 Å². The van der Waals surface area contributed by atoms with Gasteiger partial charge in [-0.1, -0.05) is 6.07 Å². The largest absolute Gasteiger partial charge is 0.337 e. The van der Waals surface area contributed by atoms with Gasteiger partial charge >= 0.3 is 6.03 Å². The second-order valence-corrected chi connectivity index (χ2v) is 4.67. The zero-order valence-electron chi connectivity index (χ0n) is 11.4. The molecule has 1 fully saturated rings. The Labute approximate surface area is 118 Å². The van der Waals surface area contributed by atoms with Crippen LogP contribution in [0.1, 0.15) is 5.56 Å². The number of rotatable bonds is 4. The number of piperazine rings is 1. The molecule has 1 saturated heterocycles. The minimum atomic E-state index is -0.241. The summed E-state index contributed by atoms with van der Waals surface area (Å²) in [6.07, 6.45) is 0. The molecule has 2 rings (SSSR count). The molecular weight excluding hydrogens is 254 g/mol. The van der Waals surface area contributed by atoms with Crippen LogP contribution in [0.3, 0.4) is 0 Å². The average Bonchev–Trinajstić information content (AvgIpc) is 2.48. The third kappa shape index (κ3) is 4.53. The fraction of sp³-hybridized carbons (Fsp3) is 0.429. The zero-order valence-corrected chi connectivity index (χ0v) is 11.4. The molecular formula is C14H19N5O. The molecule has 3 N–H and O–H groups in total. The summed E-state index contributed by atoms with van der Waals surface area (Å²) in [7, 11) is 0. The van der Waals surface area contributed by atoms with E-state index >= 15 is 0 Å². The highest BCUT2D eigenvalue weighted by molar-refractivity contribution is 5.89. The molecule has 0 unspecified atom stereocenters. The first kappa shape index (κ1) is 14.3. The molecule has 0 spiro atoms. The summed E-state index contributed by atoms with van der Waals surface area (Å²) < 4.78 is 0. The maximum atomic E-state index is 11.7. The molecule has 1 aliphatic heterocycles. The Hall–Kier alpha value is -2.10. The van der Waals surface area contributed by atoms with Gasteiger partial charge in [-0.05, 0) is 18.2 Å². The topological polar surface area (TPSA) is 80.2 Å². The molecule has 1 aromatic rings. The number of anilines is 1. The lowest BCUT2D eigenvalue weighted by Crippen LogP contribution is -2.46. The van der Waals surface area contributed by atoms with Crippen molar-refractivity contribution in [3.8, 4) is 6.07 Å². The lowest BCUT2D eigenvalue weighted by Gasteiger charge is -2.27. The van der Waals surface area contributed by atoms with Gasteiger partial charge in [-0.15, -0.1) is 0 Å². The van der Waals surface area contributed by atoms with Crippen molar-refractivity contribution >= 4 is 11.7 Å². The average molecular weight is 273 g/mol. The minimum Gasteiger partial charge on any atom is -0.337 e. The number of hydrogen-bond donors (Lipinski definition) is 3. The first-order chi connectivity index (χ1) is 9.78. The molecule has 0 bridgehead atoms. The normalized spacial score (nSPS) is 15.3. The van der Waals surface area contributed by atoms with Crippen LogP contribution in [0, 0.1) is 11.3 Å². The highest BCUT2D eigenvalue weighted by Crippen LogP contribution is 2.09. The predicted octanol–water partition coefficient (Wildman–Crippen LogP) is 0.585. The van der Waals surface area contributed by atoms with Crippen molar-refractivity contribution in [2.24, 2.45) is 0 Å². The number of nitrogens with one attached hydrogen (secondary N) is 3. The van der Waals surface area contributed by atoms with E-state index in [1.165, 1.54) is 0 Å². The molecule has 1 heterocycles. The van der Waals surface area contributed by atoms with E-state index in [9.17, 15) is 4.79 Å². The van der Waals surface area contributed by atoms with Crippen LogP contribution >= 0.6 is 0 Å². The van der Waals surface area contributed by atoms with Crippen LogP contribution in [-0.2, 0) is 0 Å². The fourth-order valence-electron chi connectivity index (χ4n) is 2.10. The number of benzene rings is 1. The van der Waals surface area contributed by atoms with E-state index in [0.717, 1.165) is 32.7 Å². The van der Waals surface area contributed by atoms with Crippen molar-refractivity contribution in [3.05, 3.63) is 29.8 Å². The van der Waals surface area contributed by atoms with Crippen molar-refractivity contribution in [2.45, 2.75) is 0 Å². The third-order valence-electron chi connectivity index (χ3n) is 3.17. The molecule has 20 heavy (non-hydrogen) atoms. The van der Waals surface area contributed by atoms with E-state index in [1.54, 1.807) is 24.3 Å². The van der Waals surface area contributed by atoms with Crippen molar-refractivity contribution in [3.63, 3.8) is 0 Å². The summed E-state index contributed by atoms with van der Waals surface area (Å²) in [6, 6.07) is 8.66. The number of carbonyl (C=O) groups is 1. The summed E-state index contributed by atoms with van der Waals surface area (Å²) in [5.74, 6) is 0. The van der Waals surface area contributed by atoms with Crippen molar-refractivity contribution in [1.29, 1.82) is 5.26 Å².